The van der Waals surface area contributed by atoms with Crippen LogP contribution in [-0.4, -0.2) is 22.9 Å². The number of carbonyl (C=O) groups is 2. The van der Waals surface area contributed by atoms with E-state index in [1.165, 1.54) is 19.1 Å². The molecule has 7 nitrogen and oxygen atoms in total. The van der Waals surface area contributed by atoms with Crippen molar-refractivity contribution >= 4 is 34.9 Å². The molecule has 0 saturated heterocycles. The molecule has 0 bridgehead atoms. The molecule has 0 heterocycles. The van der Waals surface area contributed by atoms with Gasteiger partial charge < -0.3 is 10.1 Å². The second-order valence-corrected chi connectivity index (χ2v) is 6.30. The Labute approximate surface area is 144 Å². The molecule has 1 aromatic carbocycles. The molecule has 1 aliphatic rings. The third kappa shape index (κ3) is 4.92. The Morgan fingerprint density at radius 1 is 1.42 bits per heavy atom. The molecule has 0 radical (unpaired) electrons. The van der Waals surface area contributed by atoms with E-state index >= 15 is 0 Å². The number of hydrogen-bond acceptors (Lipinski definition) is 5. The van der Waals surface area contributed by atoms with Gasteiger partial charge in [0.2, 0.25) is 0 Å². The Hall–Kier alpha value is -2.15. The molecule has 1 aromatic rings. The van der Waals surface area contributed by atoms with Crippen LogP contribution in [0.5, 0.6) is 0 Å². The van der Waals surface area contributed by atoms with Gasteiger partial charge in [-0.05, 0) is 31.7 Å². The van der Waals surface area contributed by atoms with E-state index in [4.69, 9.17) is 16.3 Å². The lowest BCUT2D eigenvalue weighted by molar-refractivity contribution is -0.384. The van der Waals surface area contributed by atoms with Crippen molar-refractivity contribution in [1.82, 2.24) is 0 Å². The topological polar surface area (TPSA) is 98.5 Å². The molecular formula is C16H19ClN2O5. The maximum atomic E-state index is 12.1. The Morgan fingerprint density at radius 2 is 2.08 bits per heavy atom. The highest BCUT2D eigenvalue weighted by Crippen LogP contribution is 2.28. The fourth-order valence-corrected chi connectivity index (χ4v) is 2.87. The molecule has 8 heteroatoms. The molecule has 1 amide bonds. The number of nitro groups is 1. The van der Waals surface area contributed by atoms with Gasteiger partial charge in [0, 0.05) is 18.6 Å². The number of carbonyl (C=O) groups excluding carboxylic acids is 2. The molecule has 1 N–H and O–H groups in total. The molecule has 0 aliphatic heterocycles. The molecule has 0 aromatic heterocycles. The van der Waals surface area contributed by atoms with Crippen molar-refractivity contribution < 1.29 is 19.2 Å². The van der Waals surface area contributed by atoms with E-state index in [1.807, 2.05) is 0 Å². The number of nitrogens with one attached hydrogen (secondary N) is 1. The van der Waals surface area contributed by atoms with Crippen LogP contribution >= 0.6 is 11.6 Å². The minimum atomic E-state index is -1.01. The first-order valence-electron chi connectivity index (χ1n) is 7.81. The largest absolute Gasteiger partial charge is 0.453 e. The van der Waals surface area contributed by atoms with Gasteiger partial charge in [-0.15, -0.1) is 0 Å². The van der Waals surface area contributed by atoms with Gasteiger partial charge in [-0.2, -0.15) is 0 Å². The van der Waals surface area contributed by atoms with Crippen molar-refractivity contribution in [3.8, 4) is 0 Å². The first-order chi connectivity index (χ1) is 11.4. The molecule has 130 valence electrons. The van der Waals surface area contributed by atoms with Crippen LogP contribution in [0.2, 0.25) is 5.02 Å². The Kier molecular flexibility index (Phi) is 6.14. The molecule has 1 unspecified atom stereocenters. The monoisotopic (exact) mass is 354 g/mol. The second kappa shape index (κ2) is 8.10. The number of rotatable bonds is 6. The minimum Gasteiger partial charge on any atom is -0.453 e. The zero-order valence-corrected chi connectivity index (χ0v) is 14.0. The Morgan fingerprint density at radius 3 is 2.71 bits per heavy atom. The van der Waals surface area contributed by atoms with Crippen LogP contribution < -0.4 is 5.32 Å². The van der Waals surface area contributed by atoms with E-state index in [0.29, 0.717) is 12.3 Å². The lowest BCUT2D eigenvalue weighted by Gasteiger charge is -2.15. The predicted molar refractivity (Wildman–Crippen MR) is 88.9 cm³/mol. The van der Waals surface area contributed by atoms with Gasteiger partial charge in [-0.25, -0.2) is 0 Å². The number of benzene rings is 1. The van der Waals surface area contributed by atoms with Gasteiger partial charge in [0.15, 0.2) is 6.10 Å². The summed E-state index contributed by atoms with van der Waals surface area (Å²) in [6.07, 6.45) is 3.58. The fraction of sp³-hybridized carbons (Fsp3) is 0.500. The van der Waals surface area contributed by atoms with Crippen LogP contribution in [0, 0.1) is 16.0 Å². The van der Waals surface area contributed by atoms with Crippen molar-refractivity contribution in [1.29, 1.82) is 0 Å². The lowest BCUT2D eigenvalue weighted by atomic mass is 10.0. The fourth-order valence-electron chi connectivity index (χ4n) is 2.71. The van der Waals surface area contributed by atoms with Crippen LogP contribution in [0.3, 0.4) is 0 Å². The summed E-state index contributed by atoms with van der Waals surface area (Å²) in [7, 11) is 0. The van der Waals surface area contributed by atoms with Gasteiger partial charge in [-0.1, -0.05) is 24.4 Å². The second-order valence-electron chi connectivity index (χ2n) is 5.90. The van der Waals surface area contributed by atoms with Gasteiger partial charge in [0.1, 0.15) is 0 Å². The number of nitro benzene ring substituents is 1. The summed E-state index contributed by atoms with van der Waals surface area (Å²) in [6, 6.07) is 3.72. The van der Waals surface area contributed by atoms with E-state index in [2.05, 4.69) is 5.32 Å². The zero-order chi connectivity index (χ0) is 17.7. The zero-order valence-electron chi connectivity index (χ0n) is 13.3. The van der Waals surface area contributed by atoms with Crippen molar-refractivity contribution in [3.05, 3.63) is 33.3 Å². The number of ether oxygens (including phenoxy) is 1. The summed E-state index contributed by atoms with van der Waals surface area (Å²) < 4.78 is 5.14. The van der Waals surface area contributed by atoms with Gasteiger partial charge >= 0.3 is 5.97 Å². The van der Waals surface area contributed by atoms with Gasteiger partial charge in [-0.3, -0.25) is 19.7 Å². The maximum absolute atomic E-state index is 12.1. The number of esters is 1. The summed E-state index contributed by atoms with van der Waals surface area (Å²) >= 11 is 5.92. The molecule has 0 spiro atoms. The maximum Gasteiger partial charge on any atom is 0.306 e. The Balaban J connectivity index is 1.92. The van der Waals surface area contributed by atoms with E-state index in [-0.39, 0.29) is 16.4 Å². The number of nitrogens with zero attached hydrogens (tertiary/aromatic N) is 1. The summed E-state index contributed by atoms with van der Waals surface area (Å²) in [5, 5.41) is 13.4. The van der Waals surface area contributed by atoms with Crippen molar-refractivity contribution in [2.45, 2.75) is 45.1 Å². The normalized spacial score (nSPS) is 15.8. The third-order valence-electron chi connectivity index (χ3n) is 4.03. The number of hydrogen-bond donors (Lipinski definition) is 1. The third-order valence-corrected chi connectivity index (χ3v) is 4.36. The van der Waals surface area contributed by atoms with Gasteiger partial charge in [0.05, 0.1) is 15.6 Å². The first-order valence-corrected chi connectivity index (χ1v) is 8.19. The first kappa shape index (κ1) is 18.2. The van der Waals surface area contributed by atoms with Crippen LogP contribution in [0.15, 0.2) is 18.2 Å². The minimum absolute atomic E-state index is 0.106. The van der Waals surface area contributed by atoms with Gasteiger partial charge in [0.25, 0.3) is 11.6 Å². The van der Waals surface area contributed by atoms with E-state index in [9.17, 15) is 19.7 Å². The van der Waals surface area contributed by atoms with Crippen molar-refractivity contribution in [2.24, 2.45) is 5.92 Å². The van der Waals surface area contributed by atoms with Crippen molar-refractivity contribution in [2.75, 3.05) is 5.32 Å². The summed E-state index contributed by atoms with van der Waals surface area (Å²) in [6.45, 7) is 1.45. The molecule has 1 aliphatic carbocycles. The van der Waals surface area contributed by atoms with Crippen LogP contribution in [-0.2, 0) is 14.3 Å². The number of amides is 1. The highest BCUT2D eigenvalue weighted by atomic mass is 35.5. The highest BCUT2D eigenvalue weighted by molar-refractivity contribution is 6.33. The number of halogens is 1. The summed E-state index contributed by atoms with van der Waals surface area (Å²) in [5.74, 6) is -0.661. The molecule has 24 heavy (non-hydrogen) atoms. The number of anilines is 1. The molecule has 1 saturated carbocycles. The van der Waals surface area contributed by atoms with Crippen LogP contribution in [0.25, 0.3) is 0 Å². The smallest absolute Gasteiger partial charge is 0.306 e. The predicted octanol–water partition coefficient (Wildman–Crippen LogP) is 3.70. The molecule has 1 atom stereocenters. The highest BCUT2D eigenvalue weighted by Gasteiger charge is 2.23. The SMILES string of the molecule is CC(OC(=O)CC1CCCC1)C(=O)Nc1cc([N+](=O)[O-])ccc1Cl. The standard InChI is InChI=1S/C16H19ClN2O5/c1-10(24-15(20)8-11-4-2-3-5-11)16(21)18-14-9-12(19(22)23)6-7-13(14)17/h6-7,9-11H,2-5,8H2,1H3,(H,18,21). The molecular weight excluding hydrogens is 336 g/mol. The van der Waals surface area contributed by atoms with E-state index in [0.717, 1.165) is 31.7 Å². The van der Waals surface area contributed by atoms with Crippen LogP contribution in [0.1, 0.15) is 39.0 Å². The lowest BCUT2D eigenvalue weighted by Crippen LogP contribution is -2.30. The number of non-ortho nitro benzene ring substituents is 1. The quantitative estimate of drug-likeness (QED) is 0.477. The summed E-state index contributed by atoms with van der Waals surface area (Å²) in [5.41, 5.74) is -0.0878. The average molecular weight is 355 g/mol. The molecule has 1 fully saturated rings. The molecule has 2 rings (SSSR count). The van der Waals surface area contributed by atoms with Crippen molar-refractivity contribution in [3.63, 3.8) is 0 Å². The van der Waals surface area contributed by atoms with E-state index < -0.39 is 22.9 Å². The summed E-state index contributed by atoms with van der Waals surface area (Å²) in [4.78, 5) is 34.1. The van der Waals surface area contributed by atoms with E-state index in [1.54, 1.807) is 0 Å². The van der Waals surface area contributed by atoms with Crippen LogP contribution in [0.4, 0.5) is 11.4 Å². The Bertz CT molecular complexity index is 643. The average Bonchev–Trinajstić information content (AvgIpc) is 3.01.